The fourth-order valence-electron chi connectivity index (χ4n) is 2.04. The van der Waals surface area contributed by atoms with Crippen LogP contribution >= 0.6 is 0 Å². The SMILES string of the molecule is CCCN1C=CC=C(CC)C1CC. The minimum absolute atomic E-state index is 0.662. The first-order valence-corrected chi connectivity index (χ1v) is 5.46. The third-order valence-electron chi connectivity index (χ3n) is 2.69. The number of hydrogen-bond donors (Lipinski definition) is 0. The van der Waals surface area contributed by atoms with E-state index in [1.807, 2.05) is 0 Å². The monoisotopic (exact) mass is 179 g/mol. The predicted molar refractivity (Wildman–Crippen MR) is 58.6 cm³/mol. The van der Waals surface area contributed by atoms with Crippen LogP contribution in [0.4, 0.5) is 0 Å². The van der Waals surface area contributed by atoms with Crippen molar-refractivity contribution >= 4 is 0 Å². The maximum atomic E-state index is 2.47. The molecule has 0 aromatic heterocycles. The molecule has 74 valence electrons. The van der Waals surface area contributed by atoms with Crippen LogP contribution in [-0.2, 0) is 0 Å². The molecular weight excluding hydrogens is 158 g/mol. The molecule has 0 aromatic carbocycles. The van der Waals surface area contributed by atoms with Crippen LogP contribution in [0.2, 0.25) is 0 Å². The Kier molecular flexibility index (Phi) is 4.07. The van der Waals surface area contributed by atoms with Gasteiger partial charge < -0.3 is 4.90 Å². The van der Waals surface area contributed by atoms with Crippen LogP contribution in [0.15, 0.2) is 23.9 Å². The average Bonchev–Trinajstić information content (AvgIpc) is 2.18. The first-order chi connectivity index (χ1) is 6.33. The van der Waals surface area contributed by atoms with Crippen molar-refractivity contribution in [1.82, 2.24) is 4.90 Å². The van der Waals surface area contributed by atoms with Crippen LogP contribution in [0.1, 0.15) is 40.0 Å². The molecule has 1 aliphatic rings. The van der Waals surface area contributed by atoms with Gasteiger partial charge in [-0.25, -0.2) is 0 Å². The van der Waals surface area contributed by atoms with Gasteiger partial charge in [-0.2, -0.15) is 0 Å². The van der Waals surface area contributed by atoms with Crippen molar-refractivity contribution in [3.8, 4) is 0 Å². The van der Waals surface area contributed by atoms with Gasteiger partial charge in [0.15, 0.2) is 0 Å². The zero-order valence-electron chi connectivity index (χ0n) is 9.09. The molecule has 1 heterocycles. The van der Waals surface area contributed by atoms with Gasteiger partial charge in [-0.1, -0.05) is 26.8 Å². The van der Waals surface area contributed by atoms with Crippen molar-refractivity contribution in [3.63, 3.8) is 0 Å². The highest BCUT2D eigenvalue weighted by Gasteiger charge is 2.17. The van der Waals surface area contributed by atoms with E-state index < -0.39 is 0 Å². The number of nitrogens with zero attached hydrogens (tertiary/aromatic N) is 1. The minimum Gasteiger partial charge on any atom is -0.371 e. The molecular formula is C12H21N. The summed E-state index contributed by atoms with van der Waals surface area (Å²) in [5.74, 6) is 0. The Morgan fingerprint density at radius 2 is 2.08 bits per heavy atom. The lowest BCUT2D eigenvalue weighted by molar-refractivity contribution is 0.293. The molecule has 0 spiro atoms. The molecule has 0 saturated heterocycles. The molecule has 1 aliphatic heterocycles. The lowest BCUT2D eigenvalue weighted by Gasteiger charge is -2.33. The zero-order chi connectivity index (χ0) is 9.68. The molecule has 1 nitrogen and oxygen atoms in total. The predicted octanol–water partition coefficient (Wildman–Crippen LogP) is 3.34. The Morgan fingerprint density at radius 3 is 2.62 bits per heavy atom. The summed E-state index contributed by atoms with van der Waals surface area (Å²) in [5.41, 5.74) is 1.58. The average molecular weight is 179 g/mol. The van der Waals surface area contributed by atoms with Crippen molar-refractivity contribution in [1.29, 1.82) is 0 Å². The van der Waals surface area contributed by atoms with Crippen LogP contribution in [0.5, 0.6) is 0 Å². The molecule has 0 N–H and O–H groups in total. The van der Waals surface area contributed by atoms with E-state index in [0.717, 1.165) is 0 Å². The van der Waals surface area contributed by atoms with E-state index in [1.54, 1.807) is 5.57 Å². The van der Waals surface area contributed by atoms with E-state index in [4.69, 9.17) is 0 Å². The summed E-state index contributed by atoms with van der Waals surface area (Å²) in [7, 11) is 0. The van der Waals surface area contributed by atoms with Crippen LogP contribution in [0.3, 0.4) is 0 Å². The van der Waals surface area contributed by atoms with Gasteiger partial charge in [0.05, 0.1) is 0 Å². The summed E-state index contributed by atoms with van der Waals surface area (Å²) in [6, 6.07) is 0.662. The van der Waals surface area contributed by atoms with Gasteiger partial charge in [-0.3, -0.25) is 0 Å². The molecule has 1 heteroatoms. The second-order valence-corrected chi connectivity index (χ2v) is 3.60. The Hall–Kier alpha value is -0.720. The Balaban J connectivity index is 2.68. The molecule has 0 radical (unpaired) electrons. The van der Waals surface area contributed by atoms with Crippen LogP contribution in [-0.4, -0.2) is 17.5 Å². The smallest absolute Gasteiger partial charge is 0.0497 e. The highest BCUT2D eigenvalue weighted by molar-refractivity contribution is 5.23. The van der Waals surface area contributed by atoms with Crippen molar-refractivity contribution in [2.24, 2.45) is 0 Å². The van der Waals surface area contributed by atoms with Gasteiger partial charge in [-0.05, 0) is 37.1 Å². The van der Waals surface area contributed by atoms with Crippen LogP contribution in [0.25, 0.3) is 0 Å². The summed E-state index contributed by atoms with van der Waals surface area (Å²) in [4.78, 5) is 2.47. The second kappa shape index (κ2) is 5.11. The molecule has 0 amide bonds. The van der Waals surface area contributed by atoms with Gasteiger partial charge in [0, 0.05) is 12.6 Å². The Morgan fingerprint density at radius 1 is 1.31 bits per heavy atom. The van der Waals surface area contributed by atoms with E-state index in [0.29, 0.717) is 6.04 Å². The molecule has 0 bridgehead atoms. The van der Waals surface area contributed by atoms with E-state index in [1.165, 1.54) is 25.8 Å². The van der Waals surface area contributed by atoms with Crippen LogP contribution < -0.4 is 0 Å². The van der Waals surface area contributed by atoms with E-state index in [-0.39, 0.29) is 0 Å². The number of hydrogen-bond acceptors (Lipinski definition) is 1. The summed E-state index contributed by atoms with van der Waals surface area (Å²) < 4.78 is 0. The van der Waals surface area contributed by atoms with E-state index in [9.17, 15) is 0 Å². The van der Waals surface area contributed by atoms with E-state index >= 15 is 0 Å². The second-order valence-electron chi connectivity index (χ2n) is 3.60. The lowest BCUT2D eigenvalue weighted by Crippen LogP contribution is -2.34. The first kappa shape index (κ1) is 10.4. The summed E-state index contributed by atoms with van der Waals surface area (Å²) >= 11 is 0. The number of rotatable bonds is 4. The van der Waals surface area contributed by atoms with Crippen molar-refractivity contribution < 1.29 is 0 Å². The van der Waals surface area contributed by atoms with Crippen molar-refractivity contribution in [2.75, 3.05) is 6.54 Å². The standard InChI is InChI=1S/C12H21N/c1-4-9-13-10-7-8-11(5-2)12(13)6-3/h7-8,10,12H,4-6,9H2,1-3H3. The molecule has 0 aliphatic carbocycles. The largest absolute Gasteiger partial charge is 0.371 e. The summed E-state index contributed by atoms with van der Waals surface area (Å²) in [6.07, 6.45) is 10.3. The maximum absolute atomic E-state index is 2.47. The molecule has 1 atom stereocenters. The molecule has 1 unspecified atom stereocenters. The zero-order valence-corrected chi connectivity index (χ0v) is 9.09. The lowest BCUT2D eigenvalue weighted by atomic mass is 9.98. The molecule has 0 saturated carbocycles. The van der Waals surface area contributed by atoms with Gasteiger partial charge in [-0.15, -0.1) is 0 Å². The van der Waals surface area contributed by atoms with Crippen molar-refractivity contribution in [2.45, 2.75) is 46.1 Å². The van der Waals surface area contributed by atoms with Crippen molar-refractivity contribution in [3.05, 3.63) is 23.9 Å². The first-order valence-electron chi connectivity index (χ1n) is 5.46. The highest BCUT2D eigenvalue weighted by atomic mass is 15.1. The highest BCUT2D eigenvalue weighted by Crippen LogP contribution is 2.21. The Bertz CT molecular complexity index is 203. The molecule has 0 fully saturated rings. The minimum atomic E-state index is 0.662. The fourth-order valence-corrected chi connectivity index (χ4v) is 2.04. The quantitative estimate of drug-likeness (QED) is 0.639. The molecule has 13 heavy (non-hydrogen) atoms. The number of allylic oxidation sites excluding steroid dienone is 2. The fraction of sp³-hybridized carbons (Fsp3) is 0.667. The summed E-state index contributed by atoms with van der Waals surface area (Å²) in [5, 5.41) is 0. The van der Waals surface area contributed by atoms with Gasteiger partial charge in [0.1, 0.15) is 0 Å². The van der Waals surface area contributed by atoms with Gasteiger partial charge >= 0.3 is 0 Å². The molecule has 0 aromatic rings. The summed E-state index contributed by atoms with van der Waals surface area (Å²) in [6.45, 7) is 7.95. The maximum Gasteiger partial charge on any atom is 0.0497 e. The normalized spacial score (nSPS) is 21.9. The third-order valence-corrected chi connectivity index (χ3v) is 2.69. The van der Waals surface area contributed by atoms with Crippen LogP contribution in [0, 0.1) is 0 Å². The third kappa shape index (κ3) is 2.36. The van der Waals surface area contributed by atoms with E-state index in [2.05, 4.69) is 44.0 Å². The van der Waals surface area contributed by atoms with Gasteiger partial charge in [0.25, 0.3) is 0 Å². The molecule has 1 rings (SSSR count). The topological polar surface area (TPSA) is 3.24 Å². The van der Waals surface area contributed by atoms with Gasteiger partial charge in [0.2, 0.25) is 0 Å². The Labute approximate surface area is 82.1 Å².